The highest BCUT2D eigenvalue weighted by molar-refractivity contribution is 5.46. The first-order valence-corrected chi connectivity index (χ1v) is 10.4. The van der Waals surface area contributed by atoms with Crippen molar-refractivity contribution in [3.8, 4) is 11.5 Å². The summed E-state index contributed by atoms with van der Waals surface area (Å²) in [6, 6.07) is 12.8. The Labute approximate surface area is 172 Å². The molecule has 0 saturated carbocycles. The van der Waals surface area contributed by atoms with Crippen LogP contribution in [-0.2, 0) is 6.54 Å². The van der Waals surface area contributed by atoms with Gasteiger partial charge in [-0.1, -0.05) is 0 Å². The summed E-state index contributed by atoms with van der Waals surface area (Å²) < 4.78 is 18.5. The summed E-state index contributed by atoms with van der Waals surface area (Å²) in [7, 11) is 1.65. The predicted molar refractivity (Wildman–Crippen MR) is 113 cm³/mol. The van der Waals surface area contributed by atoms with Crippen LogP contribution in [-0.4, -0.2) is 67.3 Å². The lowest BCUT2D eigenvalue weighted by Gasteiger charge is -2.44. The number of hydrogen-bond donors (Lipinski definition) is 1. The summed E-state index contributed by atoms with van der Waals surface area (Å²) in [6.07, 6.45) is 2.39. The van der Waals surface area contributed by atoms with Crippen molar-refractivity contribution in [1.29, 1.82) is 0 Å². The van der Waals surface area contributed by atoms with E-state index in [4.69, 9.17) is 4.74 Å². The maximum Gasteiger partial charge on any atom is 0.123 e. The van der Waals surface area contributed by atoms with Gasteiger partial charge in [-0.05, 0) is 61.9 Å². The van der Waals surface area contributed by atoms with E-state index in [2.05, 4.69) is 14.7 Å². The zero-order valence-corrected chi connectivity index (χ0v) is 17.1. The zero-order chi connectivity index (χ0) is 20.2. The summed E-state index contributed by atoms with van der Waals surface area (Å²) in [5.74, 6) is 0.931. The van der Waals surface area contributed by atoms with E-state index in [0.29, 0.717) is 11.8 Å². The molecule has 2 aliphatic rings. The van der Waals surface area contributed by atoms with Crippen molar-refractivity contribution < 1.29 is 14.2 Å². The van der Waals surface area contributed by atoms with E-state index in [9.17, 15) is 9.50 Å². The number of phenolic OH excluding ortho intramolecular Hbond substituents is 1. The number of ether oxygens (including phenoxy) is 1. The van der Waals surface area contributed by atoms with Gasteiger partial charge in [-0.3, -0.25) is 9.80 Å². The molecule has 0 radical (unpaired) electrons. The average molecular weight is 400 g/mol. The summed E-state index contributed by atoms with van der Waals surface area (Å²) in [4.78, 5) is 7.37. The Morgan fingerprint density at radius 3 is 2.52 bits per heavy atom. The van der Waals surface area contributed by atoms with Gasteiger partial charge in [0, 0.05) is 56.6 Å². The molecular formula is C23H30FN3O2. The smallest absolute Gasteiger partial charge is 0.123 e. The van der Waals surface area contributed by atoms with Crippen LogP contribution >= 0.6 is 0 Å². The van der Waals surface area contributed by atoms with Crippen LogP contribution < -0.4 is 9.64 Å². The van der Waals surface area contributed by atoms with Crippen molar-refractivity contribution in [3.05, 3.63) is 53.8 Å². The normalized spacial score (nSPS) is 21.3. The Balaban J connectivity index is 1.33. The lowest BCUT2D eigenvalue weighted by atomic mass is 10.0. The first-order valence-electron chi connectivity index (χ1n) is 10.4. The second-order valence-corrected chi connectivity index (χ2v) is 8.03. The van der Waals surface area contributed by atoms with Gasteiger partial charge in [0.25, 0.3) is 0 Å². The number of phenols is 1. The molecule has 0 amide bonds. The van der Waals surface area contributed by atoms with Crippen LogP contribution in [0.3, 0.4) is 0 Å². The van der Waals surface area contributed by atoms with Gasteiger partial charge in [0.2, 0.25) is 0 Å². The molecule has 156 valence electrons. The lowest BCUT2D eigenvalue weighted by molar-refractivity contribution is 0.0883. The Bertz CT molecular complexity index is 806. The molecule has 2 heterocycles. The lowest BCUT2D eigenvalue weighted by Crippen LogP contribution is -2.55. The number of aromatic hydroxyl groups is 1. The van der Waals surface area contributed by atoms with Gasteiger partial charge in [-0.2, -0.15) is 0 Å². The summed E-state index contributed by atoms with van der Waals surface area (Å²) in [6.45, 7) is 6.82. The molecule has 6 heteroatoms. The number of methoxy groups -OCH3 is 1. The molecule has 5 nitrogen and oxygen atoms in total. The monoisotopic (exact) mass is 399 g/mol. The topological polar surface area (TPSA) is 39.2 Å². The van der Waals surface area contributed by atoms with Crippen LogP contribution in [0.5, 0.6) is 11.5 Å². The molecule has 0 aliphatic carbocycles. The molecule has 4 rings (SSSR count). The number of halogens is 1. The number of piperazine rings is 1. The zero-order valence-electron chi connectivity index (χ0n) is 17.1. The maximum atomic E-state index is 13.2. The Morgan fingerprint density at radius 1 is 1.03 bits per heavy atom. The first-order chi connectivity index (χ1) is 14.1. The quantitative estimate of drug-likeness (QED) is 0.835. The number of anilines is 1. The average Bonchev–Trinajstić information content (AvgIpc) is 2.76. The van der Waals surface area contributed by atoms with Crippen molar-refractivity contribution >= 4 is 5.69 Å². The van der Waals surface area contributed by atoms with Crippen molar-refractivity contribution in [2.24, 2.45) is 0 Å². The van der Waals surface area contributed by atoms with Crippen LogP contribution in [0.1, 0.15) is 18.4 Å². The molecule has 0 spiro atoms. The molecular weight excluding hydrogens is 369 g/mol. The molecule has 29 heavy (non-hydrogen) atoms. The number of rotatable bonds is 5. The second-order valence-electron chi connectivity index (χ2n) is 8.03. The molecule has 1 N–H and O–H groups in total. The van der Waals surface area contributed by atoms with E-state index in [1.54, 1.807) is 19.2 Å². The molecule has 2 saturated heterocycles. The van der Waals surface area contributed by atoms with Crippen molar-refractivity contribution in [2.75, 3.05) is 51.3 Å². The van der Waals surface area contributed by atoms with E-state index in [1.165, 1.54) is 25.0 Å². The van der Waals surface area contributed by atoms with Gasteiger partial charge in [0.15, 0.2) is 0 Å². The fourth-order valence-electron chi connectivity index (χ4n) is 4.53. The fourth-order valence-corrected chi connectivity index (χ4v) is 4.53. The SMILES string of the molecule is COc1ccc(O)c(CN2CCC[C@H](N3CCN(c4ccc(F)cc4)CC3)C2)c1. The van der Waals surface area contributed by atoms with E-state index in [0.717, 1.165) is 62.8 Å². The fraction of sp³-hybridized carbons (Fsp3) is 0.478. The molecule has 2 aromatic carbocycles. The minimum Gasteiger partial charge on any atom is -0.508 e. The molecule has 1 atom stereocenters. The van der Waals surface area contributed by atoms with E-state index >= 15 is 0 Å². The van der Waals surface area contributed by atoms with E-state index in [1.807, 2.05) is 18.2 Å². The van der Waals surface area contributed by atoms with Gasteiger partial charge < -0.3 is 14.7 Å². The second kappa shape index (κ2) is 9.01. The van der Waals surface area contributed by atoms with E-state index < -0.39 is 0 Å². The van der Waals surface area contributed by atoms with Crippen LogP contribution in [0.2, 0.25) is 0 Å². The third-order valence-corrected chi connectivity index (χ3v) is 6.18. The highest BCUT2D eigenvalue weighted by atomic mass is 19.1. The minimum atomic E-state index is -0.184. The number of nitrogens with zero attached hydrogens (tertiary/aromatic N) is 3. The van der Waals surface area contributed by atoms with Crippen LogP contribution in [0.25, 0.3) is 0 Å². The van der Waals surface area contributed by atoms with Crippen molar-refractivity contribution in [3.63, 3.8) is 0 Å². The third-order valence-electron chi connectivity index (χ3n) is 6.18. The van der Waals surface area contributed by atoms with Crippen LogP contribution in [0.4, 0.5) is 10.1 Å². The standard InChI is InChI=1S/C23H30FN3O2/c1-29-22-8-9-23(28)18(15-22)16-25-10-2-3-21(17-25)27-13-11-26(12-14-27)20-6-4-19(24)5-7-20/h4-9,15,21,28H,2-3,10-14,16-17H2,1H3/t21-/m0/s1. The highest BCUT2D eigenvalue weighted by Gasteiger charge is 2.28. The van der Waals surface area contributed by atoms with Gasteiger partial charge in [-0.25, -0.2) is 4.39 Å². The number of likely N-dealkylation sites (tertiary alicyclic amines) is 1. The largest absolute Gasteiger partial charge is 0.508 e. The van der Waals surface area contributed by atoms with Gasteiger partial charge in [-0.15, -0.1) is 0 Å². The number of benzene rings is 2. The maximum absolute atomic E-state index is 13.2. The molecule has 0 unspecified atom stereocenters. The van der Waals surface area contributed by atoms with Crippen LogP contribution in [0.15, 0.2) is 42.5 Å². The van der Waals surface area contributed by atoms with Gasteiger partial charge in [0.05, 0.1) is 7.11 Å². The third kappa shape index (κ3) is 4.82. The molecule has 0 bridgehead atoms. The predicted octanol–water partition coefficient (Wildman–Crippen LogP) is 3.33. The number of piperidine rings is 1. The van der Waals surface area contributed by atoms with Gasteiger partial charge in [0.1, 0.15) is 17.3 Å². The Hall–Kier alpha value is -2.31. The first kappa shape index (κ1) is 20.0. The van der Waals surface area contributed by atoms with Crippen molar-refractivity contribution in [2.45, 2.75) is 25.4 Å². The summed E-state index contributed by atoms with van der Waals surface area (Å²) in [5.41, 5.74) is 2.02. The van der Waals surface area contributed by atoms with E-state index in [-0.39, 0.29) is 5.82 Å². The van der Waals surface area contributed by atoms with Gasteiger partial charge >= 0.3 is 0 Å². The molecule has 0 aromatic heterocycles. The Morgan fingerprint density at radius 2 is 1.79 bits per heavy atom. The minimum absolute atomic E-state index is 0.184. The Kier molecular flexibility index (Phi) is 6.21. The molecule has 2 aliphatic heterocycles. The number of hydrogen-bond acceptors (Lipinski definition) is 5. The summed E-state index contributed by atoms with van der Waals surface area (Å²) in [5, 5.41) is 10.2. The highest BCUT2D eigenvalue weighted by Crippen LogP contribution is 2.27. The molecule has 2 aromatic rings. The molecule has 2 fully saturated rings. The van der Waals surface area contributed by atoms with Crippen LogP contribution in [0, 0.1) is 5.82 Å². The van der Waals surface area contributed by atoms with Crippen molar-refractivity contribution in [1.82, 2.24) is 9.80 Å². The summed E-state index contributed by atoms with van der Waals surface area (Å²) >= 11 is 0.